The Bertz CT molecular complexity index is 295. The van der Waals surface area contributed by atoms with Gasteiger partial charge in [-0.05, 0) is 13.8 Å². The molecule has 1 heterocycles. The molecule has 1 atom stereocenters. The lowest BCUT2D eigenvalue weighted by atomic mass is 10.4. The van der Waals surface area contributed by atoms with Gasteiger partial charge in [-0.3, -0.25) is 9.48 Å². The number of nitrogens with two attached hydrogens (primary N) is 1. The van der Waals surface area contributed by atoms with Crippen LogP contribution >= 0.6 is 0 Å². The van der Waals surface area contributed by atoms with E-state index in [9.17, 15) is 4.79 Å². The third-order valence-corrected chi connectivity index (χ3v) is 1.65. The average molecular weight is 183 g/mol. The summed E-state index contributed by atoms with van der Waals surface area (Å²) < 4.78 is 6.91. The van der Waals surface area contributed by atoms with E-state index >= 15 is 0 Å². The van der Waals surface area contributed by atoms with Crippen molar-refractivity contribution in [2.45, 2.75) is 26.5 Å². The normalized spacial score (nSPS) is 12.5. The van der Waals surface area contributed by atoms with Crippen LogP contribution < -0.4 is 10.5 Å². The summed E-state index contributed by atoms with van der Waals surface area (Å²) in [5, 5.41) is 3.99. The Labute approximate surface area is 76.5 Å². The van der Waals surface area contributed by atoms with Crippen LogP contribution in [-0.4, -0.2) is 21.8 Å². The van der Waals surface area contributed by atoms with Crippen molar-refractivity contribution in [1.29, 1.82) is 0 Å². The van der Waals surface area contributed by atoms with Crippen LogP contribution in [0.4, 0.5) is 0 Å². The quantitative estimate of drug-likeness (QED) is 0.722. The number of hydrogen-bond acceptors (Lipinski definition) is 3. The Hall–Kier alpha value is -1.52. The molecule has 1 unspecified atom stereocenters. The minimum atomic E-state index is -0.616. The fraction of sp³-hybridized carbons (Fsp3) is 0.500. The predicted octanol–water partition coefficient (Wildman–Crippen LogP) is 0.156. The molecule has 72 valence electrons. The van der Waals surface area contributed by atoms with Gasteiger partial charge in [0.15, 0.2) is 11.9 Å². The molecule has 0 saturated carbocycles. The smallest absolute Gasteiger partial charge is 0.258 e. The third-order valence-electron chi connectivity index (χ3n) is 1.65. The number of aryl methyl sites for hydroxylation is 1. The summed E-state index contributed by atoms with van der Waals surface area (Å²) in [6.07, 6.45) is 2.66. The third kappa shape index (κ3) is 2.47. The van der Waals surface area contributed by atoms with Crippen molar-refractivity contribution in [2.24, 2.45) is 5.73 Å². The van der Waals surface area contributed by atoms with Crippen molar-refractivity contribution in [3.63, 3.8) is 0 Å². The molecule has 2 N–H and O–H groups in total. The van der Waals surface area contributed by atoms with Crippen molar-refractivity contribution < 1.29 is 9.53 Å². The highest BCUT2D eigenvalue weighted by molar-refractivity contribution is 5.78. The summed E-state index contributed by atoms with van der Waals surface area (Å²) in [7, 11) is 0. The fourth-order valence-corrected chi connectivity index (χ4v) is 0.841. The number of rotatable bonds is 4. The van der Waals surface area contributed by atoms with Gasteiger partial charge in [0.25, 0.3) is 5.91 Å². The number of amides is 1. The molecule has 0 radical (unpaired) electrons. The molecule has 1 rings (SSSR count). The Balaban J connectivity index is 2.58. The number of hydrogen-bond donors (Lipinski definition) is 1. The first-order valence-electron chi connectivity index (χ1n) is 4.12. The molecule has 5 nitrogen and oxygen atoms in total. The van der Waals surface area contributed by atoms with E-state index in [-0.39, 0.29) is 0 Å². The van der Waals surface area contributed by atoms with Gasteiger partial charge in [0.1, 0.15) is 0 Å². The molecular weight excluding hydrogens is 170 g/mol. The van der Waals surface area contributed by atoms with Crippen molar-refractivity contribution in [3.05, 3.63) is 12.4 Å². The molecule has 13 heavy (non-hydrogen) atoms. The number of carbonyl (C=O) groups excluding carboxylic acids is 1. The van der Waals surface area contributed by atoms with Crippen LogP contribution in [0.5, 0.6) is 5.75 Å². The van der Waals surface area contributed by atoms with E-state index < -0.39 is 12.0 Å². The summed E-state index contributed by atoms with van der Waals surface area (Å²) in [5.41, 5.74) is 5.03. The highest BCUT2D eigenvalue weighted by Crippen LogP contribution is 2.09. The monoisotopic (exact) mass is 183 g/mol. The second kappa shape index (κ2) is 3.93. The summed E-state index contributed by atoms with van der Waals surface area (Å²) >= 11 is 0. The molecule has 0 aliphatic carbocycles. The van der Waals surface area contributed by atoms with E-state index in [4.69, 9.17) is 10.5 Å². The number of primary amides is 1. The lowest BCUT2D eigenvalue weighted by Crippen LogP contribution is -2.30. The summed E-state index contributed by atoms with van der Waals surface area (Å²) in [6, 6.07) is 0. The van der Waals surface area contributed by atoms with E-state index in [2.05, 4.69) is 5.10 Å². The maximum atomic E-state index is 10.6. The van der Waals surface area contributed by atoms with Crippen molar-refractivity contribution >= 4 is 5.91 Å². The Kier molecular flexibility index (Phi) is 2.89. The van der Waals surface area contributed by atoms with Crippen LogP contribution in [0, 0.1) is 0 Å². The highest BCUT2D eigenvalue weighted by atomic mass is 16.5. The Morgan fingerprint density at radius 1 is 1.85 bits per heavy atom. The van der Waals surface area contributed by atoms with Gasteiger partial charge in [0.2, 0.25) is 0 Å². The first kappa shape index (κ1) is 9.57. The van der Waals surface area contributed by atoms with Gasteiger partial charge in [-0.25, -0.2) is 0 Å². The van der Waals surface area contributed by atoms with Crippen LogP contribution in [0.3, 0.4) is 0 Å². The predicted molar refractivity (Wildman–Crippen MR) is 47.2 cm³/mol. The molecule has 1 aromatic rings. The number of carbonyl (C=O) groups is 1. The lowest BCUT2D eigenvalue weighted by molar-refractivity contribution is -0.123. The van der Waals surface area contributed by atoms with Crippen molar-refractivity contribution in [3.8, 4) is 5.75 Å². The summed E-state index contributed by atoms with van der Waals surface area (Å²) in [6.45, 7) is 4.34. The van der Waals surface area contributed by atoms with Gasteiger partial charge in [0.05, 0.1) is 12.4 Å². The van der Waals surface area contributed by atoms with Crippen LogP contribution in [0.25, 0.3) is 0 Å². The zero-order chi connectivity index (χ0) is 9.84. The highest BCUT2D eigenvalue weighted by Gasteiger charge is 2.10. The number of aromatic nitrogens is 2. The van der Waals surface area contributed by atoms with Crippen molar-refractivity contribution in [1.82, 2.24) is 9.78 Å². The molecule has 0 bridgehead atoms. The van der Waals surface area contributed by atoms with Gasteiger partial charge in [0, 0.05) is 6.54 Å². The molecular formula is C8H13N3O2. The molecule has 0 saturated heterocycles. The second-order valence-electron chi connectivity index (χ2n) is 2.69. The Morgan fingerprint density at radius 2 is 2.54 bits per heavy atom. The molecule has 0 aliphatic rings. The van der Waals surface area contributed by atoms with Crippen molar-refractivity contribution in [2.75, 3.05) is 0 Å². The van der Waals surface area contributed by atoms with Gasteiger partial charge in [-0.2, -0.15) is 5.10 Å². The molecule has 0 aliphatic heterocycles. The SMILES string of the molecule is CCn1cc(OC(C)C(N)=O)cn1. The molecule has 0 fully saturated rings. The van der Waals surface area contributed by atoms with Crippen LogP contribution in [0.2, 0.25) is 0 Å². The first-order valence-corrected chi connectivity index (χ1v) is 4.12. The van der Waals surface area contributed by atoms with Crippen LogP contribution in [0.15, 0.2) is 12.4 Å². The maximum Gasteiger partial charge on any atom is 0.258 e. The summed E-state index contributed by atoms with van der Waals surface area (Å²) in [4.78, 5) is 10.6. The van der Waals surface area contributed by atoms with Gasteiger partial charge in [-0.15, -0.1) is 0 Å². The molecule has 0 aromatic carbocycles. The van der Waals surface area contributed by atoms with E-state index in [1.54, 1.807) is 24.0 Å². The standard InChI is InChI=1S/C8H13N3O2/c1-3-11-5-7(4-10-11)13-6(2)8(9)12/h4-6H,3H2,1-2H3,(H2,9,12). The number of ether oxygens (including phenoxy) is 1. The van der Waals surface area contributed by atoms with Crippen LogP contribution in [-0.2, 0) is 11.3 Å². The molecule has 0 spiro atoms. The zero-order valence-electron chi connectivity index (χ0n) is 7.73. The second-order valence-corrected chi connectivity index (χ2v) is 2.69. The van der Waals surface area contributed by atoms with Gasteiger partial charge < -0.3 is 10.5 Å². The van der Waals surface area contributed by atoms with Crippen LogP contribution in [0.1, 0.15) is 13.8 Å². The Morgan fingerprint density at radius 3 is 3.00 bits per heavy atom. The van der Waals surface area contributed by atoms with Gasteiger partial charge >= 0.3 is 0 Å². The van der Waals surface area contributed by atoms with Gasteiger partial charge in [-0.1, -0.05) is 0 Å². The van der Waals surface area contributed by atoms with E-state index in [1.165, 1.54) is 0 Å². The fourth-order valence-electron chi connectivity index (χ4n) is 0.841. The summed E-state index contributed by atoms with van der Waals surface area (Å²) in [5.74, 6) is 0.0809. The minimum absolute atomic E-state index is 0.482. The largest absolute Gasteiger partial charge is 0.478 e. The average Bonchev–Trinajstić information content (AvgIpc) is 2.52. The lowest BCUT2D eigenvalue weighted by Gasteiger charge is -2.07. The molecule has 1 aromatic heterocycles. The van der Waals surface area contributed by atoms with E-state index in [0.29, 0.717) is 5.75 Å². The molecule has 1 amide bonds. The van der Waals surface area contributed by atoms with E-state index in [0.717, 1.165) is 6.54 Å². The topological polar surface area (TPSA) is 70.1 Å². The maximum absolute atomic E-state index is 10.6. The molecule has 5 heteroatoms. The first-order chi connectivity index (χ1) is 6.13. The number of nitrogens with zero attached hydrogens (tertiary/aromatic N) is 2. The zero-order valence-corrected chi connectivity index (χ0v) is 7.73. The van der Waals surface area contributed by atoms with E-state index in [1.807, 2.05) is 6.92 Å². The minimum Gasteiger partial charge on any atom is -0.478 e.